The molecule has 0 atom stereocenters. The molecule has 1 heteroatoms. The Hall–Kier alpha value is -0.0400. The Morgan fingerprint density at radius 2 is 1.69 bits per heavy atom. The number of rotatable bonds is 6. The molecule has 1 rings (SSSR count). The summed E-state index contributed by atoms with van der Waals surface area (Å²) < 4.78 is 0. The molecule has 1 nitrogen and oxygen atoms in total. The van der Waals surface area contributed by atoms with E-state index in [4.69, 9.17) is 0 Å². The molecule has 0 saturated heterocycles. The number of hydrogen-bond acceptors (Lipinski definition) is 1. The van der Waals surface area contributed by atoms with Crippen LogP contribution in [0.3, 0.4) is 0 Å². The van der Waals surface area contributed by atoms with Gasteiger partial charge in [-0.3, -0.25) is 0 Å². The van der Waals surface area contributed by atoms with Crippen molar-refractivity contribution >= 4 is 0 Å². The molecule has 78 valence electrons. The van der Waals surface area contributed by atoms with Crippen LogP contribution in [0.25, 0.3) is 0 Å². The van der Waals surface area contributed by atoms with Crippen molar-refractivity contribution in [2.24, 2.45) is 5.92 Å². The van der Waals surface area contributed by atoms with E-state index in [0.29, 0.717) is 0 Å². The van der Waals surface area contributed by atoms with Crippen molar-refractivity contribution in [3.63, 3.8) is 0 Å². The van der Waals surface area contributed by atoms with Gasteiger partial charge in [0.05, 0.1) is 5.60 Å². The zero-order valence-electron chi connectivity index (χ0n) is 9.18. The predicted octanol–water partition coefficient (Wildman–Crippen LogP) is 3.51. The first-order chi connectivity index (χ1) is 6.20. The molecule has 0 spiro atoms. The van der Waals surface area contributed by atoms with Crippen LogP contribution in [0.15, 0.2) is 0 Å². The van der Waals surface area contributed by atoms with Gasteiger partial charge in [-0.25, -0.2) is 0 Å². The smallest absolute Gasteiger partial charge is 0.0650 e. The Labute approximate surface area is 82.5 Å². The van der Waals surface area contributed by atoms with Gasteiger partial charge in [-0.1, -0.05) is 46.0 Å². The van der Waals surface area contributed by atoms with Crippen LogP contribution in [0.5, 0.6) is 0 Å². The molecule has 0 aromatic rings. The van der Waals surface area contributed by atoms with Crippen molar-refractivity contribution in [1.82, 2.24) is 0 Å². The molecule has 1 aliphatic rings. The second-order valence-electron chi connectivity index (χ2n) is 4.73. The fraction of sp³-hybridized carbons (Fsp3) is 1.00. The van der Waals surface area contributed by atoms with Gasteiger partial charge in [0.15, 0.2) is 0 Å². The predicted molar refractivity (Wildman–Crippen MR) is 56.7 cm³/mol. The fourth-order valence-electron chi connectivity index (χ4n) is 2.49. The first kappa shape index (κ1) is 11.0. The summed E-state index contributed by atoms with van der Waals surface area (Å²) in [5.74, 6) is 0.836. The summed E-state index contributed by atoms with van der Waals surface area (Å²) in [6, 6.07) is 0. The maximum absolute atomic E-state index is 10.3. The average molecular weight is 184 g/mol. The normalized spacial score (nSPS) is 18.7. The molecule has 1 N–H and O–H groups in total. The molecule has 0 amide bonds. The minimum Gasteiger partial charge on any atom is -0.390 e. The first-order valence-electron chi connectivity index (χ1n) is 5.92. The highest BCUT2D eigenvalue weighted by Crippen LogP contribution is 2.37. The average Bonchev–Trinajstić information content (AvgIpc) is 1.98. The molecule has 0 unspecified atom stereocenters. The Morgan fingerprint density at radius 3 is 2.00 bits per heavy atom. The van der Waals surface area contributed by atoms with Crippen LogP contribution in [0.2, 0.25) is 0 Å². The molecule has 0 bridgehead atoms. The summed E-state index contributed by atoms with van der Waals surface area (Å²) >= 11 is 0. The van der Waals surface area contributed by atoms with Crippen LogP contribution in [0.1, 0.15) is 65.2 Å². The molecule has 0 aromatic carbocycles. The van der Waals surface area contributed by atoms with Crippen LogP contribution in [-0.2, 0) is 0 Å². The van der Waals surface area contributed by atoms with Crippen LogP contribution in [-0.4, -0.2) is 10.7 Å². The Kier molecular flexibility index (Phi) is 4.24. The van der Waals surface area contributed by atoms with Gasteiger partial charge in [-0.05, 0) is 25.2 Å². The maximum Gasteiger partial charge on any atom is 0.0650 e. The van der Waals surface area contributed by atoms with E-state index in [1.54, 1.807) is 0 Å². The van der Waals surface area contributed by atoms with Gasteiger partial charge in [-0.2, -0.15) is 0 Å². The lowest BCUT2D eigenvalue weighted by atomic mass is 9.74. The van der Waals surface area contributed by atoms with Crippen molar-refractivity contribution in [2.45, 2.75) is 70.8 Å². The lowest BCUT2D eigenvalue weighted by molar-refractivity contribution is -0.0130. The van der Waals surface area contributed by atoms with E-state index in [2.05, 4.69) is 13.8 Å². The van der Waals surface area contributed by atoms with Crippen LogP contribution >= 0.6 is 0 Å². The second-order valence-corrected chi connectivity index (χ2v) is 4.73. The first-order valence-corrected chi connectivity index (χ1v) is 5.92. The van der Waals surface area contributed by atoms with Gasteiger partial charge in [0.25, 0.3) is 0 Å². The van der Waals surface area contributed by atoms with Gasteiger partial charge in [0, 0.05) is 0 Å². The summed E-state index contributed by atoms with van der Waals surface area (Å²) in [6.07, 6.45) is 9.39. The Morgan fingerprint density at radius 1 is 1.15 bits per heavy atom. The summed E-state index contributed by atoms with van der Waals surface area (Å²) in [5, 5.41) is 10.3. The van der Waals surface area contributed by atoms with Gasteiger partial charge in [0.1, 0.15) is 0 Å². The van der Waals surface area contributed by atoms with Crippen LogP contribution in [0, 0.1) is 5.92 Å². The van der Waals surface area contributed by atoms with E-state index >= 15 is 0 Å². The summed E-state index contributed by atoms with van der Waals surface area (Å²) in [5.41, 5.74) is -0.325. The van der Waals surface area contributed by atoms with E-state index in [9.17, 15) is 5.11 Å². The lowest BCUT2D eigenvalue weighted by Crippen LogP contribution is -2.33. The Bertz CT molecular complexity index is 132. The van der Waals surface area contributed by atoms with E-state index in [1.165, 1.54) is 19.3 Å². The molecular weight excluding hydrogens is 160 g/mol. The zero-order chi connectivity index (χ0) is 9.73. The van der Waals surface area contributed by atoms with E-state index in [-0.39, 0.29) is 5.60 Å². The van der Waals surface area contributed by atoms with Gasteiger partial charge in [-0.15, -0.1) is 0 Å². The zero-order valence-corrected chi connectivity index (χ0v) is 9.18. The number of aliphatic hydroxyl groups is 1. The van der Waals surface area contributed by atoms with E-state index < -0.39 is 0 Å². The monoisotopic (exact) mass is 184 g/mol. The molecule has 0 aromatic heterocycles. The molecule has 13 heavy (non-hydrogen) atoms. The standard InChI is InChI=1S/C12H24O/c1-3-8-12(13,9-4-2)10-11-6-5-7-11/h11,13H,3-10H2,1-2H3. The highest BCUT2D eigenvalue weighted by atomic mass is 16.3. The van der Waals surface area contributed by atoms with Crippen molar-refractivity contribution < 1.29 is 5.11 Å². The topological polar surface area (TPSA) is 20.2 Å². The minimum atomic E-state index is -0.325. The molecule has 0 aliphatic heterocycles. The third-order valence-electron chi connectivity index (χ3n) is 3.32. The summed E-state index contributed by atoms with van der Waals surface area (Å²) in [7, 11) is 0. The second kappa shape index (κ2) is 4.99. The lowest BCUT2D eigenvalue weighted by Gasteiger charge is -2.35. The SMILES string of the molecule is CCCC(O)(CCC)CC1CCC1. The van der Waals surface area contributed by atoms with Crippen LogP contribution in [0.4, 0.5) is 0 Å². The van der Waals surface area contributed by atoms with E-state index in [1.807, 2.05) is 0 Å². The van der Waals surface area contributed by atoms with Gasteiger partial charge in [0.2, 0.25) is 0 Å². The number of hydrogen-bond donors (Lipinski definition) is 1. The van der Waals surface area contributed by atoms with Crippen LogP contribution < -0.4 is 0 Å². The quantitative estimate of drug-likeness (QED) is 0.669. The Balaban J connectivity index is 2.34. The highest BCUT2D eigenvalue weighted by molar-refractivity contribution is 4.84. The largest absolute Gasteiger partial charge is 0.390 e. The summed E-state index contributed by atoms with van der Waals surface area (Å²) in [4.78, 5) is 0. The van der Waals surface area contributed by atoms with Gasteiger partial charge >= 0.3 is 0 Å². The van der Waals surface area contributed by atoms with Crippen molar-refractivity contribution in [2.75, 3.05) is 0 Å². The third-order valence-corrected chi connectivity index (χ3v) is 3.32. The van der Waals surface area contributed by atoms with Crippen molar-refractivity contribution in [3.8, 4) is 0 Å². The van der Waals surface area contributed by atoms with E-state index in [0.717, 1.165) is 38.0 Å². The molecule has 0 radical (unpaired) electrons. The molecule has 0 heterocycles. The molecule has 1 fully saturated rings. The summed E-state index contributed by atoms with van der Waals surface area (Å²) in [6.45, 7) is 4.34. The van der Waals surface area contributed by atoms with Crippen molar-refractivity contribution in [3.05, 3.63) is 0 Å². The fourth-order valence-corrected chi connectivity index (χ4v) is 2.49. The molecule has 1 aliphatic carbocycles. The molecule has 1 saturated carbocycles. The maximum atomic E-state index is 10.3. The van der Waals surface area contributed by atoms with Crippen molar-refractivity contribution in [1.29, 1.82) is 0 Å². The van der Waals surface area contributed by atoms with Gasteiger partial charge < -0.3 is 5.11 Å². The third kappa shape index (κ3) is 3.30. The minimum absolute atomic E-state index is 0.325. The highest BCUT2D eigenvalue weighted by Gasteiger charge is 2.31. The molecular formula is C12H24O.